The summed E-state index contributed by atoms with van der Waals surface area (Å²) < 4.78 is 44.8. The van der Waals surface area contributed by atoms with Crippen LogP contribution in [0.5, 0.6) is 17.2 Å². The molecule has 0 saturated heterocycles. The topological polar surface area (TPSA) is 78.9 Å². The second kappa shape index (κ2) is 9.17. The molecule has 0 radical (unpaired) electrons. The summed E-state index contributed by atoms with van der Waals surface area (Å²) in [5.41, 5.74) is 2.58. The molecule has 0 aliphatic carbocycles. The van der Waals surface area contributed by atoms with E-state index in [9.17, 15) is 13.2 Å². The molecule has 5 rings (SSSR count). The maximum atomic E-state index is 13.2. The van der Waals surface area contributed by atoms with Gasteiger partial charge in [0.05, 0.1) is 0 Å². The van der Waals surface area contributed by atoms with Gasteiger partial charge in [0, 0.05) is 23.1 Å². The molecule has 0 unspecified atom stereocenters. The molecule has 0 bridgehead atoms. The van der Waals surface area contributed by atoms with Crippen molar-refractivity contribution in [2.75, 3.05) is 0 Å². The van der Waals surface area contributed by atoms with Crippen molar-refractivity contribution in [2.24, 2.45) is 0 Å². The van der Waals surface area contributed by atoms with Gasteiger partial charge < -0.3 is 13.7 Å². The van der Waals surface area contributed by atoms with E-state index in [2.05, 4.69) is 0 Å². The third kappa shape index (κ3) is 4.22. The number of ketones is 1. The molecule has 1 aliphatic rings. The quantitative estimate of drug-likeness (QED) is 0.228. The van der Waals surface area contributed by atoms with Gasteiger partial charge in [-0.05, 0) is 31.2 Å². The number of Topliss-reactive ketones (excluding diaryl/α,β-unsaturated/α-hetero) is 1. The Morgan fingerprint density at radius 1 is 0.833 bits per heavy atom. The van der Waals surface area contributed by atoms with Gasteiger partial charge in [0.15, 0.2) is 17.3 Å². The van der Waals surface area contributed by atoms with Gasteiger partial charge in [0.25, 0.3) is 0 Å². The van der Waals surface area contributed by atoms with Crippen molar-refractivity contribution in [2.45, 2.75) is 31.0 Å². The molecule has 0 saturated carbocycles. The van der Waals surface area contributed by atoms with Gasteiger partial charge in [-0.2, -0.15) is 8.42 Å². The summed E-state index contributed by atoms with van der Waals surface area (Å²) in [4.78, 5) is 12.6. The van der Waals surface area contributed by atoms with Crippen molar-refractivity contribution in [1.82, 2.24) is 0 Å². The van der Waals surface area contributed by atoms with Crippen LogP contribution >= 0.6 is 0 Å². The summed E-state index contributed by atoms with van der Waals surface area (Å²) in [6.07, 6.45) is 0.228. The number of fused-ring (bicyclic) bond motifs is 1. The molecule has 0 amide bonds. The summed E-state index contributed by atoms with van der Waals surface area (Å²) in [6.45, 7) is 3.59. The van der Waals surface area contributed by atoms with E-state index in [-0.39, 0.29) is 39.9 Å². The van der Waals surface area contributed by atoms with Gasteiger partial charge in [-0.15, -0.1) is 0 Å². The fourth-order valence-corrected chi connectivity index (χ4v) is 5.01. The summed E-state index contributed by atoms with van der Waals surface area (Å²) in [5.74, 6) is -1.37. The standard InChI is InChI=1S/C29H24O6S/c1-3-25(30)21-18-26-28(27(19-21)35-36(31,32)24-16-14-20(2)15-17-24)34-29(33-26,22-10-6-4-7-11-22)23-12-8-5-9-13-23/h4-19H,3H2,1-2H3. The number of ether oxygens (including phenoxy) is 2. The Morgan fingerprint density at radius 2 is 1.42 bits per heavy atom. The Kier molecular flexibility index (Phi) is 6.02. The lowest BCUT2D eigenvalue weighted by atomic mass is 9.97. The summed E-state index contributed by atoms with van der Waals surface area (Å²) >= 11 is 0. The van der Waals surface area contributed by atoms with Gasteiger partial charge in [-0.1, -0.05) is 85.3 Å². The monoisotopic (exact) mass is 500 g/mol. The van der Waals surface area contributed by atoms with E-state index < -0.39 is 15.9 Å². The van der Waals surface area contributed by atoms with Crippen LogP contribution in [0.1, 0.15) is 40.4 Å². The van der Waals surface area contributed by atoms with Crippen molar-refractivity contribution in [1.29, 1.82) is 0 Å². The predicted molar refractivity (Wildman–Crippen MR) is 135 cm³/mol. The lowest BCUT2D eigenvalue weighted by Crippen LogP contribution is -2.36. The minimum atomic E-state index is -4.21. The molecule has 0 N–H and O–H groups in total. The average Bonchev–Trinajstić information content (AvgIpc) is 3.31. The zero-order chi connectivity index (χ0) is 25.3. The third-order valence-electron chi connectivity index (χ3n) is 5.98. The van der Waals surface area contributed by atoms with Crippen molar-refractivity contribution in [3.63, 3.8) is 0 Å². The molecule has 0 spiro atoms. The number of hydrogen-bond acceptors (Lipinski definition) is 6. The molecule has 0 atom stereocenters. The highest BCUT2D eigenvalue weighted by Gasteiger charge is 2.47. The van der Waals surface area contributed by atoms with E-state index >= 15 is 0 Å². The fourth-order valence-electron chi connectivity index (χ4n) is 4.09. The minimum absolute atomic E-state index is 0.00892. The molecular formula is C29H24O6S. The largest absolute Gasteiger partial charge is 0.440 e. The van der Waals surface area contributed by atoms with Crippen molar-refractivity contribution < 1.29 is 26.9 Å². The fraction of sp³-hybridized carbons (Fsp3) is 0.138. The van der Waals surface area contributed by atoms with Gasteiger partial charge in [-0.25, -0.2) is 0 Å². The maximum absolute atomic E-state index is 13.2. The number of aryl methyl sites for hydroxylation is 1. The highest BCUT2D eigenvalue weighted by atomic mass is 32.2. The van der Waals surface area contributed by atoms with Gasteiger partial charge >= 0.3 is 15.9 Å². The van der Waals surface area contributed by atoms with E-state index in [1.807, 2.05) is 67.6 Å². The predicted octanol–water partition coefficient (Wildman–Crippen LogP) is 6.03. The molecule has 1 heterocycles. The number of hydrogen-bond donors (Lipinski definition) is 0. The molecule has 4 aromatic rings. The van der Waals surface area contributed by atoms with Crippen LogP contribution in [-0.2, 0) is 15.9 Å². The Bertz CT molecular complexity index is 1470. The zero-order valence-corrected chi connectivity index (χ0v) is 20.6. The molecule has 6 nitrogen and oxygen atoms in total. The molecule has 0 fully saturated rings. The summed E-state index contributed by atoms with van der Waals surface area (Å²) in [6, 6.07) is 27.9. The maximum Gasteiger partial charge on any atom is 0.339 e. The molecule has 7 heteroatoms. The number of carbonyl (C=O) groups excluding carboxylic acids is 1. The Labute approximate surface area is 210 Å². The lowest BCUT2D eigenvalue weighted by molar-refractivity contribution is -0.0464. The van der Waals surface area contributed by atoms with Crippen LogP contribution in [0.25, 0.3) is 0 Å². The van der Waals surface area contributed by atoms with Crippen LogP contribution in [0.4, 0.5) is 0 Å². The smallest absolute Gasteiger partial charge is 0.339 e. The Hall–Kier alpha value is -4.10. The van der Waals surface area contributed by atoms with Gasteiger partial charge in [0.2, 0.25) is 5.75 Å². The van der Waals surface area contributed by atoms with Crippen molar-refractivity contribution >= 4 is 15.9 Å². The Morgan fingerprint density at radius 3 is 1.97 bits per heavy atom. The van der Waals surface area contributed by atoms with Crippen LogP contribution in [0.15, 0.2) is 102 Å². The second-order valence-electron chi connectivity index (χ2n) is 8.48. The van der Waals surface area contributed by atoms with Crippen molar-refractivity contribution in [3.8, 4) is 17.2 Å². The minimum Gasteiger partial charge on any atom is -0.440 e. The average molecular weight is 501 g/mol. The Balaban J connectivity index is 1.66. The molecule has 1 aliphatic heterocycles. The molecule has 36 heavy (non-hydrogen) atoms. The SMILES string of the molecule is CCC(=O)c1cc2c(c(OS(=O)(=O)c3ccc(C)cc3)c1)OC(c1ccccc1)(c1ccccc1)O2. The lowest BCUT2D eigenvalue weighted by Gasteiger charge is -2.28. The van der Waals surface area contributed by atoms with E-state index in [4.69, 9.17) is 13.7 Å². The van der Waals surface area contributed by atoms with Crippen LogP contribution in [-0.4, -0.2) is 14.2 Å². The van der Waals surface area contributed by atoms with E-state index in [0.717, 1.165) is 5.56 Å². The first-order valence-electron chi connectivity index (χ1n) is 11.5. The number of carbonyl (C=O) groups is 1. The first-order chi connectivity index (χ1) is 17.3. The number of benzene rings is 4. The van der Waals surface area contributed by atoms with E-state index in [1.54, 1.807) is 25.1 Å². The van der Waals surface area contributed by atoms with Crippen LogP contribution in [0.2, 0.25) is 0 Å². The molecular weight excluding hydrogens is 476 g/mol. The molecule has 182 valence electrons. The third-order valence-corrected chi connectivity index (χ3v) is 7.23. The zero-order valence-electron chi connectivity index (χ0n) is 19.8. The molecule has 4 aromatic carbocycles. The highest BCUT2D eigenvalue weighted by Crippen LogP contribution is 2.53. The second-order valence-corrected chi connectivity index (χ2v) is 10.0. The van der Waals surface area contributed by atoms with Gasteiger partial charge in [0.1, 0.15) is 4.90 Å². The normalized spacial score (nSPS) is 13.8. The van der Waals surface area contributed by atoms with E-state index in [0.29, 0.717) is 11.1 Å². The van der Waals surface area contributed by atoms with Crippen molar-refractivity contribution in [3.05, 3.63) is 119 Å². The van der Waals surface area contributed by atoms with Crippen LogP contribution < -0.4 is 13.7 Å². The van der Waals surface area contributed by atoms with Crippen LogP contribution in [0, 0.1) is 6.92 Å². The van der Waals surface area contributed by atoms with Gasteiger partial charge in [-0.3, -0.25) is 4.79 Å². The first kappa shape index (κ1) is 23.6. The summed E-state index contributed by atoms with van der Waals surface area (Å²) in [5, 5.41) is 0. The molecule has 0 aromatic heterocycles. The van der Waals surface area contributed by atoms with E-state index in [1.165, 1.54) is 18.2 Å². The first-order valence-corrected chi connectivity index (χ1v) is 12.9. The summed E-state index contributed by atoms with van der Waals surface area (Å²) in [7, 11) is -4.21. The highest BCUT2D eigenvalue weighted by molar-refractivity contribution is 7.87. The van der Waals surface area contributed by atoms with Crippen LogP contribution in [0.3, 0.4) is 0 Å². The number of rotatable bonds is 7.